The van der Waals surface area contributed by atoms with Gasteiger partial charge in [0.1, 0.15) is 17.3 Å². The Kier molecular flexibility index (Phi) is 8.96. The van der Waals surface area contributed by atoms with Crippen molar-refractivity contribution in [2.45, 2.75) is 52.4 Å². The second-order valence-electron chi connectivity index (χ2n) is 11.1. The first-order valence-electron chi connectivity index (χ1n) is 15.4. The van der Waals surface area contributed by atoms with Gasteiger partial charge in [0.15, 0.2) is 0 Å². The van der Waals surface area contributed by atoms with E-state index in [9.17, 15) is 0 Å². The van der Waals surface area contributed by atoms with Gasteiger partial charge in [0.05, 0.1) is 0 Å². The zero-order valence-electron chi connectivity index (χ0n) is 25.8. The lowest BCUT2D eigenvalue weighted by molar-refractivity contribution is -0.112. The van der Waals surface area contributed by atoms with Gasteiger partial charge in [-0.1, -0.05) is 112 Å². The standard InChI is InChI=1S/C36H37N7O2/c1-4-26(5-2)25-43-33(24-27-20-22-28(23-21-27)31-18-12-13-19-32(31)34-38-41-42-39-34)37-35(40-43)36(3,44-29-14-8-6-9-15-29)45-30-16-10-7-11-17-30/h6-23,26H,4-5,24-25H2,1-3H3,(H,38,39,41,42). The molecule has 0 aliphatic rings. The quantitative estimate of drug-likeness (QED) is 0.137. The van der Waals surface area contributed by atoms with Crippen LogP contribution in [0.1, 0.15) is 50.8 Å². The predicted octanol–water partition coefficient (Wildman–Crippen LogP) is 7.48. The Hall–Kier alpha value is -5.31. The molecule has 0 fully saturated rings. The van der Waals surface area contributed by atoms with Crippen LogP contribution in [0, 0.1) is 5.92 Å². The maximum absolute atomic E-state index is 6.50. The molecule has 1 N–H and O–H groups in total. The molecule has 0 bridgehead atoms. The second-order valence-corrected chi connectivity index (χ2v) is 11.1. The fourth-order valence-electron chi connectivity index (χ4n) is 5.36. The van der Waals surface area contributed by atoms with Crippen LogP contribution in [0.25, 0.3) is 22.5 Å². The third kappa shape index (κ3) is 6.93. The average Bonchev–Trinajstić information content (AvgIpc) is 3.76. The van der Waals surface area contributed by atoms with Crippen LogP contribution in [0.3, 0.4) is 0 Å². The van der Waals surface area contributed by atoms with E-state index in [0.717, 1.165) is 47.5 Å². The molecule has 45 heavy (non-hydrogen) atoms. The smallest absolute Gasteiger partial charge is 0.311 e. The summed E-state index contributed by atoms with van der Waals surface area (Å²) in [5.41, 5.74) is 4.15. The van der Waals surface area contributed by atoms with Crippen LogP contribution >= 0.6 is 0 Å². The largest absolute Gasteiger partial charge is 0.446 e. The zero-order valence-corrected chi connectivity index (χ0v) is 25.8. The SMILES string of the molecule is CCC(CC)Cn1nc(C(C)(Oc2ccccc2)Oc2ccccc2)nc1Cc1ccc(-c2ccccc2-c2nn[nH]n2)cc1. The molecule has 2 heterocycles. The van der Waals surface area contributed by atoms with E-state index < -0.39 is 5.79 Å². The lowest BCUT2D eigenvalue weighted by Gasteiger charge is -2.28. The molecule has 9 heteroatoms. The van der Waals surface area contributed by atoms with Crippen LogP contribution in [0.4, 0.5) is 0 Å². The van der Waals surface area contributed by atoms with E-state index in [1.165, 1.54) is 0 Å². The molecule has 4 aromatic carbocycles. The summed E-state index contributed by atoms with van der Waals surface area (Å²) in [5, 5.41) is 19.7. The fraction of sp³-hybridized carbons (Fsp3) is 0.250. The molecule has 0 amide bonds. The van der Waals surface area contributed by atoms with E-state index in [0.29, 0.717) is 35.5 Å². The normalized spacial score (nSPS) is 11.6. The summed E-state index contributed by atoms with van der Waals surface area (Å²) in [6, 6.07) is 35.9. The lowest BCUT2D eigenvalue weighted by atomic mass is 9.97. The topological polar surface area (TPSA) is 104 Å². The Morgan fingerprint density at radius 2 is 1.36 bits per heavy atom. The average molecular weight is 600 g/mol. The van der Waals surface area contributed by atoms with E-state index in [1.807, 2.05) is 90.5 Å². The van der Waals surface area contributed by atoms with Gasteiger partial charge in [-0.2, -0.15) is 5.21 Å². The molecule has 6 rings (SSSR count). The number of aromatic nitrogens is 7. The van der Waals surface area contributed by atoms with Crippen LogP contribution in [-0.2, 0) is 18.8 Å². The van der Waals surface area contributed by atoms with E-state index in [1.54, 1.807) is 0 Å². The summed E-state index contributed by atoms with van der Waals surface area (Å²) in [4.78, 5) is 5.09. The number of aromatic amines is 1. The van der Waals surface area contributed by atoms with Gasteiger partial charge >= 0.3 is 5.79 Å². The van der Waals surface area contributed by atoms with Crippen molar-refractivity contribution in [2.75, 3.05) is 0 Å². The summed E-state index contributed by atoms with van der Waals surface area (Å²) < 4.78 is 15.0. The minimum absolute atomic E-state index is 0.471. The first-order valence-corrected chi connectivity index (χ1v) is 15.4. The molecule has 0 saturated carbocycles. The number of nitrogens with one attached hydrogen (secondary N) is 1. The molecule has 2 aromatic heterocycles. The van der Waals surface area contributed by atoms with E-state index >= 15 is 0 Å². The number of H-pyrrole nitrogens is 1. The maximum Gasteiger partial charge on any atom is 0.311 e. The molecule has 0 aliphatic carbocycles. The number of hydrogen-bond donors (Lipinski definition) is 1. The Bertz CT molecular complexity index is 1740. The zero-order chi connectivity index (χ0) is 31.1. The molecule has 0 saturated heterocycles. The summed E-state index contributed by atoms with van der Waals surface area (Å²) in [5.74, 6) is 2.45. The third-order valence-electron chi connectivity index (χ3n) is 7.99. The van der Waals surface area contributed by atoms with Crippen LogP contribution in [0.15, 0.2) is 109 Å². The molecule has 0 unspecified atom stereocenters. The minimum Gasteiger partial charge on any atom is -0.446 e. The molecule has 6 aromatic rings. The van der Waals surface area contributed by atoms with Gasteiger partial charge in [0, 0.05) is 25.5 Å². The second kappa shape index (κ2) is 13.5. The highest BCUT2D eigenvalue weighted by atomic mass is 16.7. The minimum atomic E-state index is -1.26. The van der Waals surface area contributed by atoms with Crippen LogP contribution in [-0.4, -0.2) is 35.4 Å². The third-order valence-corrected chi connectivity index (χ3v) is 7.99. The van der Waals surface area contributed by atoms with Gasteiger partial charge < -0.3 is 9.47 Å². The Morgan fingerprint density at radius 1 is 0.756 bits per heavy atom. The molecule has 9 nitrogen and oxygen atoms in total. The fourth-order valence-corrected chi connectivity index (χ4v) is 5.36. The van der Waals surface area contributed by atoms with Gasteiger partial charge in [-0.05, 0) is 52.1 Å². The summed E-state index contributed by atoms with van der Waals surface area (Å²) in [6.45, 7) is 7.08. The number of hydrogen-bond acceptors (Lipinski definition) is 7. The molecule has 228 valence electrons. The van der Waals surface area contributed by atoms with Crippen molar-refractivity contribution in [3.05, 3.63) is 126 Å². The number of ether oxygens (including phenoxy) is 2. The van der Waals surface area contributed by atoms with Crippen molar-refractivity contribution in [3.8, 4) is 34.0 Å². The lowest BCUT2D eigenvalue weighted by Crippen LogP contribution is -2.37. The predicted molar refractivity (Wildman–Crippen MR) is 173 cm³/mol. The number of tetrazole rings is 1. The van der Waals surface area contributed by atoms with Crippen molar-refractivity contribution in [1.29, 1.82) is 0 Å². The van der Waals surface area contributed by atoms with Crippen molar-refractivity contribution in [3.63, 3.8) is 0 Å². The molecular formula is C36H37N7O2. The van der Waals surface area contributed by atoms with E-state index in [2.05, 4.69) is 64.8 Å². The number of nitrogens with zero attached hydrogens (tertiary/aromatic N) is 6. The first-order chi connectivity index (χ1) is 22.0. The van der Waals surface area contributed by atoms with Crippen LogP contribution in [0.5, 0.6) is 11.5 Å². The molecule has 0 atom stereocenters. The number of rotatable bonds is 13. The monoisotopic (exact) mass is 599 g/mol. The van der Waals surface area contributed by atoms with Crippen LogP contribution in [0.2, 0.25) is 0 Å². The van der Waals surface area contributed by atoms with Crippen molar-refractivity contribution >= 4 is 0 Å². The van der Waals surface area contributed by atoms with E-state index in [-0.39, 0.29) is 0 Å². The van der Waals surface area contributed by atoms with Gasteiger partial charge in [-0.25, -0.2) is 9.67 Å². The molecule has 0 radical (unpaired) electrons. The molecule has 0 spiro atoms. The Labute approximate surface area is 263 Å². The molecular weight excluding hydrogens is 562 g/mol. The highest BCUT2D eigenvalue weighted by Gasteiger charge is 2.38. The summed E-state index contributed by atoms with van der Waals surface area (Å²) >= 11 is 0. The summed E-state index contributed by atoms with van der Waals surface area (Å²) in [6.07, 6.45) is 2.71. The molecule has 0 aliphatic heterocycles. The number of para-hydroxylation sites is 2. The maximum atomic E-state index is 6.50. The van der Waals surface area contributed by atoms with Crippen LogP contribution < -0.4 is 9.47 Å². The van der Waals surface area contributed by atoms with Gasteiger partial charge in [-0.15, -0.1) is 15.3 Å². The van der Waals surface area contributed by atoms with Crippen molar-refractivity contribution in [1.82, 2.24) is 35.4 Å². The first kappa shape index (κ1) is 29.7. The highest BCUT2D eigenvalue weighted by molar-refractivity contribution is 5.80. The van der Waals surface area contributed by atoms with Gasteiger partial charge in [0.25, 0.3) is 0 Å². The Balaban J connectivity index is 1.34. The van der Waals surface area contributed by atoms with Gasteiger partial charge in [-0.3, -0.25) is 0 Å². The van der Waals surface area contributed by atoms with Crippen molar-refractivity contribution in [2.24, 2.45) is 5.92 Å². The Morgan fingerprint density at radius 3 is 1.93 bits per heavy atom. The van der Waals surface area contributed by atoms with Gasteiger partial charge in [0.2, 0.25) is 11.6 Å². The van der Waals surface area contributed by atoms with E-state index in [4.69, 9.17) is 19.6 Å². The highest BCUT2D eigenvalue weighted by Crippen LogP contribution is 2.32. The van der Waals surface area contributed by atoms with Crippen molar-refractivity contribution < 1.29 is 9.47 Å². The summed E-state index contributed by atoms with van der Waals surface area (Å²) in [7, 11) is 0. The number of benzene rings is 4.